The van der Waals surface area contributed by atoms with Crippen molar-refractivity contribution in [2.24, 2.45) is 0 Å². The predicted octanol–water partition coefficient (Wildman–Crippen LogP) is 2.83. The van der Waals surface area contributed by atoms with E-state index in [0.29, 0.717) is 12.3 Å². The summed E-state index contributed by atoms with van der Waals surface area (Å²) in [6.07, 6.45) is 1.75. The largest absolute Gasteiger partial charge is 0.497 e. The normalized spacial score (nSPS) is 10.1. The lowest BCUT2D eigenvalue weighted by molar-refractivity contribution is -0.123. The van der Waals surface area contributed by atoms with Gasteiger partial charge in [-0.3, -0.25) is 4.79 Å². The fourth-order valence-electron chi connectivity index (χ4n) is 2.22. The molecule has 0 aromatic heterocycles. The van der Waals surface area contributed by atoms with Crippen LogP contribution in [0.15, 0.2) is 48.5 Å². The topological polar surface area (TPSA) is 56.8 Å². The predicted molar refractivity (Wildman–Crippen MR) is 92.8 cm³/mol. The van der Waals surface area contributed by atoms with Crippen molar-refractivity contribution in [3.8, 4) is 17.2 Å². The van der Waals surface area contributed by atoms with Crippen molar-refractivity contribution >= 4 is 5.91 Å². The average Bonchev–Trinajstić information content (AvgIpc) is 2.64. The number of hydrogen-bond acceptors (Lipinski definition) is 4. The summed E-state index contributed by atoms with van der Waals surface area (Å²) in [7, 11) is 3.26. The number of nitrogens with one attached hydrogen (secondary N) is 1. The first kappa shape index (κ1) is 17.7. The molecule has 128 valence electrons. The third-order valence-corrected chi connectivity index (χ3v) is 3.53. The first-order valence-corrected chi connectivity index (χ1v) is 7.88. The standard InChI is InChI=1S/C19H23NO4/c1-22-16-8-10-17(11-9-16)24-14-19(21)20-12-4-6-15-5-3-7-18(13-15)23-2/h3,5,7-11,13H,4,6,12,14H2,1-2H3,(H,20,21). The fraction of sp³-hybridized carbons (Fsp3) is 0.316. The lowest BCUT2D eigenvalue weighted by atomic mass is 10.1. The molecule has 0 spiro atoms. The van der Waals surface area contributed by atoms with Crippen LogP contribution < -0.4 is 19.5 Å². The van der Waals surface area contributed by atoms with E-state index in [0.717, 1.165) is 24.3 Å². The van der Waals surface area contributed by atoms with Crippen LogP contribution in [0.25, 0.3) is 0 Å². The molecule has 0 aliphatic rings. The van der Waals surface area contributed by atoms with E-state index in [1.54, 1.807) is 38.5 Å². The van der Waals surface area contributed by atoms with Crippen LogP contribution in [0.1, 0.15) is 12.0 Å². The van der Waals surface area contributed by atoms with Crippen molar-refractivity contribution in [1.29, 1.82) is 0 Å². The molecular weight excluding hydrogens is 306 g/mol. The van der Waals surface area contributed by atoms with Crippen LogP contribution in [-0.4, -0.2) is 33.3 Å². The maximum atomic E-state index is 11.8. The molecule has 0 fully saturated rings. The minimum absolute atomic E-state index is 0.00545. The molecule has 1 amide bonds. The Labute approximate surface area is 142 Å². The van der Waals surface area contributed by atoms with Gasteiger partial charge in [0.25, 0.3) is 5.91 Å². The first-order valence-electron chi connectivity index (χ1n) is 7.88. The molecule has 5 nitrogen and oxygen atoms in total. The first-order chi connectivity index (χ1) is 11.7. The SMILES string of the molecule is COc1ccc(OCC(=O)NCCCc2cccc(OC)c2)cc1. The number of carbonyl (C=O) groups is 1. The smallest absolute Gasteiger partial charge is 0.257 e. The van der Waals surface area contributed by atoms with Crippen LogP contribution in [0, 0.1) is 0 Å². The number of rotatable bonds is 9. The summed E-state index contributed by atoms with van der Waals surface area (Å²) in [6.45, 7) is 0.619. The molecule has 0 saturated carbocycles. The van der Waals surface area contributed by atoms with Crippen LogP contribution in [0.4, 0.5) is 0 Å². The summed E-state index contributed by atoms with van der Waals surface area (Å²) >= 11 is 0. The number of benzene rings is 2. The third-order valence-electron chi connectivity index (χ3n) is 3.53. The average molecular weight is 329 g/mol. The van der Waals surface area contributed by atoms with Crippen LogP contribution in [0.5, 0.6) is 17.2 Å². The Kier molecular flexibility index (Phi) is 6.95. The number of hydrogen-bond donors (Lipinski definition) is 1. The molecular formula is C19H23NO4. The second-order valence-electron chi connectivity index (χ2n) is 5.27. The number of aryl methyl sites for hydroxylation is 1. The van der Waals surface area contributed by atoms with Crippen molar-refractivity contribution in [3.05, 3.63) is 54.1 Å². The zero-order valence-electron chi connectivity index (χ0n) is 14.1. The molecule has 0 bridgehead atoms. The van der Waals surface area contributed by atoms with E-state index in [9.17, 15) is 4.79 Å². The van der Waals surface area contributed by atoms with Gasteiger partial charge >= 0.3 is 0 Å². The summed E-state index contributed by atoms with van der Waals surface area (Å²) < 4.78 is 15.7. The molecule has 0 radical (unpaired) electrons. The van der Waals surface area contributed by atoms with Gasteiger partial charge in [-0.25, -0.2) is 0 Å². The van der Waals surface area contributed by atoms with Gasteiger partial charge in [0, 0.05) is 6.54 Å². The minimum atomic E-state index is -0.128. The third kappa shape index (κ3) is 5.83. The molecule has 0 aliphatic heterocycles. The van der Waals surface area contributed by atoms with Gasteiger partial charge in [0.1, 0.15) is 17.2 Å². The Morgan fingerprint density at radius 1 is 0.958 bits per heavy atom. The minimum Gasteiger partial charge on any atom is -0.497 e. The zero-order valence-corrected chi connectivity index (χ0v) is 14.1. The maximum absolute atomic E-state index is 11.8. The molecule has 0 heterocycles. The lowest BCUT2D eigenvalue weighted by Gasteiger charge is -2.08. The summed E-state index contributed by atoms with van der Waals surface area (Å²) in [5, 5.41) is 2.85. The van der Waals surface area contributed by atoms with E-state index in [1.807, 2.05) is 18.2 Å². The molecule has 0 unspecified atom stereocenters. The van der Waals surface area contributed by atoms with Gasteiger partial charge in [-0.15, -0.1) is 0 Å². The molecule has 5 heteroatoms. The molecule has 0 saturated heterocycles. The number of carbonyl (C=O) groups excluding carboxylic acids is 1. The molecule has 2 rings (SSSR count). The summed E-state index contributed by atoms with van der Waals surface area (Å²) in [5.74, 6) is 2.12. The second-order valence-corrected chi connectivity index (χ2v) is 5.27. The Balaban J connectivity index is 1.63. The second kappa shape index (κ2) is 9.45. The molecule has 2 aromatic carbocycles. The quantitative estimate of drug-likeness (QED) is 0.719. The number of methoxy groups -OCH3 is 2. The van der Waals surface area contributed by atoms with Gasteiger partial charge in [0.15, 0.2) is 6.61 Å². The molecule has 0 atom stereocenters. The highest BCUT2D eigenvalue weighted by atomic mass is 16.5. The highest BCUT2D eigenvalue weighted by molar-refractivity contribution is 5.77. The van der Waals surface area contributed by atoms with E-state index < -0.39 is 0 Å². The number of amides is 1. The Bertz CT molecular complexity index is 640. The van der Waals surface area contributed by atoms with E-state index in [-0.39, 0.29) is 12.5 Å². The summed E-state index contributed by atoms with van der Waals surface area (Å²) in [6, 6.07) is 15.1. The Morgan fingerprint density at radius 2 is 1.67 bits per heavy atom. The van der Waals surface area contributed by atoms with Crippen LogP contribution in [-0.2, 0) is 11.2 Å². The molecule has 2 aromatic rings. The maximum Gasteiger partial charge on any atom is 0.257 e. The van der Waals surface area contributed by atoms with Crippen molar-refractivity contribution in [2.75, 3.05) is 27.4 Å². The Hall–Kier alpha value is -2.69. The van der Waals surface area contributed by atoms with Crippen molar-refractivity contribution in [1.82, 2.24) is 5.32 Å². The summed E-state index contributed by atoms with van der Waals surface area (Å²) in [4.78, 5) is 11.8. The fourth-order valence-corrected chi connectivity index (χ4v) is 2.22. The molecule has 1 N–H and O–H groups in total. The van der Waals surface area contributed by atoms with Crippen LogP contribution in [0.3, 0.4) is 0 Å². The molecule has 0 aliphatic carbocycles. The van der Waals surface area contributed by atoms with E-state index in [2.05, 4.69) is 11.4 Å². The lowest BCUT2D eigenvalue weighted by Crippen LogP contribution is -2.29. The molecule has 24 heavy (non-hydrogen) atoms. The van der Waals surface area contributed by atoms with Crippen molar-refractivity contribution in [2.45, 2.75) is 12.8 Å². The van der Waals surface area contributed by atoms with Gasteiger partial charge in [-0.05, 0) is 54.8 Å². The highest BCUT2D eigenvalue weighted by Crippen LogP contribution is 2.16. The van der Waals surface area contributed by atoms with Crippen molar-refractivity contribution in [3.63, 3.8) is 0 Å². The van der Waals surface area contributed by atoms with Crippen molar-refractivity contribution < 1.29 is 19.0 Å². The zero-order chi connectivity index (χ0) is 17.2. The Morgan fingerprint density at radius 3 is 2.38 bits per heavy atom. The van der Waals surface area contributed by atoms with Gasteiger partial charge < -0.3 is 19.5 Å². The highest BCUT2D eigenvalue weighted by Gasteiger charge is 2.03. The van der Waals surface area contributed by atoms with Gasteiger partial charge in [-0.2, -0.15) is 0 Å². The van der Waals surface area contributed by atoms with E-state index >= 15 is 0 Å². The van der Waals surface area contributed by atoms with E-state index in [4.69, 9.17) is 14.2 Å². The van der Waals surface area contributed by atoms with Crippen LogP contribution >= 0.6 is 0 Å². The summed E-state index contributed by atoms with van der Waals surface area (Å²) in [5.41, 5.74) is 1.19. The van der Waals surface area contributed by atoms with Gasteiger partial charge in [0.2, 0.25) is 0 Å². The van der Waals surface area contributed by atoms with Gasteiger partial charge in [-0.1, -0.05) is 12.1 Å². The van der Waals surface area contributed by atoms with E-state index in [1.165, 1.54) is 5.56 Å². The number of ether oxygens (including phenoxy) is 3. The van der Waals surface area contributed by atoms with Crippen LogP contribution in [0.2, 0.25) is 0 Å². The monoisotopic (exact) mass is 329 g/mol. The van der Waals surface area contributed by atoms with Gasteiger partial charge in [0.05, 0.1) is 14.2 Å².